The summed E-state index contributed by atoms with van der Waals surface area (Å²) in [6, 6.07) is 15.8. The van der Waals surface area contributed by atoms with E-state index in [9.17, 15) is 4.79 Å². The number of hydrogen-bond acceptors (Lipinski definition) is 2. The summed E-state index contributed by atoms with van der Waals surface area (Å²) in [5.41, 5.74) is 3.17. The minimum absolute atomic E-state index is 0.0246. The van der Waals surface area contributed by atoms with Crippen LogP contribution in [0.4, 0.5) is 5.69 Å². The number of methoxy groups -OCH3 is 1. The number of carbonyl (C=O) groups excluding carboxylic acids is 1. The number of likely N-dealkylation sites (N-methyl/N-ethyl adjacent to an activating group) is 1. The Morgan fingerprint density at radius 1 is 1.18 bits per heavy atom. The van der Waals surface area contributed by atoms with Gasteiger partial charge in [0, 0.05) is 11.3 Å². The molecule has 0 saturated carbocycles. The standard InChI is InChI=1S/C18H22N2O2/c1-14-5-4-6-16(11-14)19-18(21)13-20(2)12-15-7-9-17(22-3)10-8-15/h4-11H,12-13H2,1-3H3,(H,19,21)/p+1. The molecule has 1 amide bonds. The molecule has 1 unspecified atom stereocenters. The maximum atomic E-state index is 12.1. The van der Waals surface area contributed by atoms with Gasteiger partial charge in [-0.1, -0.05) is 12.1 Å². The second-order valence-corrected chi connectivity index (χ2v) is 5.58. The highest BCUT2D eigenvalue weighted by atomic mass is 16.5. The molecule has 0 aliphatic carbocycles. The van der Waals surface area contributed by atoms with Gasteiger partial charge in [-0.3, -0.25) is 4.79 Å². The third-order valence-corrected chi connectivity index (χ3v) is 3.43. The molecule has 1 atom stereocenters. The van der Waals surface area contributed by atoms with Gasteiger partial charge in [0.05, 0.1) is 14.2 Å². The lowest BCUT2D eigenvalue weighted by Crippen LogP contribution is -3.08. The van der Waals surface area contributed by atoms with Crippen molar-refractivity contribution in [2.24, 2.45) is 0 Å². The first-order chi connectivity index (χ1) is 10.6. The molecule has 0 aliphatic rings. The van der Waals surface area contributed by atoms with Crippen molar-refractivity contribution in [1.29, 1.82) is 0 Å². The van der Waals surface area contributed by atoms with Crippen LogP contribution in [-0.2, 0) is 11.3 Å². The molecule has 22 heavy (non-hydrogen) atoms. The van der Waals surface area contributed by atoms with E-state index >= 15 is 0 Å². The van der Waals surface area contributed by atoms with Gasteiger partial charge < -0.3 is 15.0 Å². The molecule has 0 radical (unpaired) electrons. The van der Waals surface area contributed by atoms with Crippen LogP contribution in [-0.4, -0.2) is 26.6 Å². The van der Waals surface area contributed by atoms with Crippen LogP contribution in [0.3, 0.4) is 0 Å². The third-order valence-electron chi connectivity index (χ3n) is 3.43. The van der Waals surface area contributed by atoms with Crippen LogP contribution in [0.25, 0.3) is 0 Å². The quantitative estimate of drug-likeness (QED) is 0.852. The average molecular weight is 299 g/mol. The highest BCUT2D eigenvalue weighted by Gasteiger charge is 2.11. The molecule has 0 aliphatic heterocycles. The van der Waals surface area contributed by atoms with Crippen molar-refractivity contribution >= 4 is 11.6 Å². The zero-order valence-corrected chi connectivity index (χ0v) is 13.3. The Hall–Kier alpha value is -2.33. The van der Waals surface area contributed by atoms with Crippen LogP contribution in [0, 0.1) is 6.92 Å². The van der Waals surface area contributed by atoms with Crippen LogP contribution >= 0.6 is 0 Å². The van der Waals surface area contributed by atoms with Crippen molar-refractivity contribution in [2.45, 2.75) is 13.5 Å². The number of benzene rings is 2. The molecular weight excluding hydrogens is 276 g/mol. The van der Waals surface area contributed by atoms with E-state index in [2.05, 4.69) is 5.32 Å². The molecule has 0 spiro atoms. The van der Waals surface area contributed by atoms with Gasteiger partial charge in [0.25, 0.3) is 5.91 Å². The van der Waals surface area contributed by atoms with Crippen LogP contribution in [0.1, 0.15) is 11.1 Å². The predicted octanol–water partition coefficient (Wildman–Crippen LogP) is 1.66. The van der Waals surface area contributed by atoms with Crippen LogP contribution in [0.15, 0.2) is 48.5 Å². The molecule has 2 N–H and O–H groups in total. The highest BCUT2D eigenvalue weighted by molar-refractivity contribution is 5.91. The maximum absolute atomic E-state index is 12.1. The van der Waals surface area contributed by atoms with Gasteiger partial charge in [-0.05, 0) is 48.9 Å². The van der Waals surface area contributed by atoms with E-state index in [0.717, 1.165) is 28.4 Å². The Morgan fingerprint density at radius 3 is 2.55 bits per heavy atom. The van der Waals surface area contributed by atoms with E-state index in [4.69, 9.17) is 4.74 Å². The van der Waals surface area contributed by atoms with Crippen LogP contribution in [0.5, 0.6) is 5.75 Å². The molecule has 0 fully saturated rings. The molecule has 0 heterocycles. The molecule has 4 heteroatoms. The Kier molecular flexibility index (Phi) is 5.55. The summed E-state index contributed by atoms with van der Waals surface area (Å²) < 4.78 is 5.14. The summed E-state index contributed by atoms with van der Waals surface area (Å²) in [6.07, 6.45) is 0. The van der Waals surface area contributed by atoms with E-state index in [0.29, 0.717) is 6.54 Å². The molecule has 2 aromatic carbocycles. The number of ether oxygens (including phenoxy) is 1. The number of aryl methyl sites for hydroxylation is 1. The van der Waals surface area contributed by atoms with E-state index in [1.54, 1.807) is 7.11 Å². The lowest BCUT2D eigenvalue weighted by Gasteiger charge is -2.14. The smallest absolute Gasteiger partial charge is 0.279 e. The fourth-order valence-corrected chi connectivity index (χ4v) is 2.36. The summed E-state index contributed by atoms with van der Waals surface area (Å²) >= 11 is 0. The van der Waals surface area contributed by atoms with Crippen molar-refractivity contribution in [3.8, 4) is 5.75 Å². The van der Waals surface area contributed by atoms with Gasteiger partial charge in [0.1, 0.15) is 12.3 Å². The monoisotopic (exact) mass is 299 g/mol. The van der Waals surface area contributed by atoms with E-state index < -0.39 is 0 Å². The zero-order chi connectivity index (χ0) is 15.9. The summed E-state index contributed by atoms with van der Waals surface area (Å²) in [7, 11) is 3.67. The lowest BCUT2D eigenvalue weighted by molar-refractivity contribution is -0.885. The fourth-order valence-electron chi connectivity index (χ4n) is 2.36. The van der Waals surface area contributed by atoms with Gasteiger partial charge >= 0.3 is 0 Å². The van der Waals surface area contributed by atoms with Gasteiger partial charge in [-0.25, -0.2) is 0 Å². The van der Waals surface area contributed by atoms with E-state index in [1.807, 2.05) is 62.5 Å². The molecule has 2 aromatic rings. The van der Waals surface area contributed by atoms with Gasteiger partial charge in [-0.2, -0.15) is 0 Å². The number of quaternary nitrogens is 1. The largest absolute Gasteiger partial charge is 0.497 e. The summed E-state index contributed by atoms with van der Waals surface area (Å²) in [5, 5.41) is 2.94. The minimum atomic E-state index is 0.0246. The highest BCUT2D eigenvalue weighted by Crippen LogP contribution is 2.10. The number of amides is 1. The summed E-state index contributed by atoms with van der Waals surface area (Å²) in [5.74, 6) is 0.871. The van der Waals surface area contributed by atoms with E-state index in [1.165, 1.54) is 5.56 Å². The lowest BCUT2D eigenvalue weighted by atomic mass is 10.2. The Bertz CT molecular complexity index is 623. The second-order valence-electron chi connectivity index (χ2n) is 5.58. The molecule has 0 saturated heterocycles. The van der Waals surface area contributed by atoms with Crippen LogP contribution in [0.2, 0.25) is 0 Å². The Morgan fingerprint density at radius 2 is 1.91 bits per heavy atom. The maximum Gasteiger partial charge on any atom is 0.279 e. The van der Waals surface area contributed by atoms with Crippen molar-refractivity contribution < 1.29 is 14.4 Å². The van der Waals surface area contributed by atoms with E-state index in [-0.39, 0.29) is 5.91 Å². The zero-order valence-electron chi connectivity index (χ0n) is 13.3. The molecule has 0 aromatic heterocycles. The average Bonchev–Trinajstić information content (AvgIpc) is 2.47. The van der Waals surface area contributed by atoms with Crippen LogP contribution < -0.4 is 15.0 Å². The van der Waals surface area contributed by atoms with Crippen molar-refractivity contribution in [2.75, 3.05) is 26.0 Å². The van der Waals surface area contributed by atoms with Crippen molar-refractivity contribution in [3.63, 3.8) is 0 Å². The Labute approximate surface area is 131 Å². The summed E-state index contributed by atoms with van der Waals surface area (Å²) in [6.45, 7) is 3.24. The SMILES string of the molecule is COc1ccc(C[NH+](C)CC(=O)Nc2cccc(C)c2)cc1. The van der Waals surface area contributed by atoms with Gasteiger partial charge in [-0.15, -0.1) is 0 Å². The second kappa shape index (κ2) is 7.61. The van der Waals surface area contributed by atoms with Crippen molar-refractivity contribution in [3.05, 3.63) is 59.7 Å². The molecular formula is C18H23N2O2+. The number of rotatable bonds is 6. The van der Waals surface area contributed by atoms with Crippen molar-refractivity contribution in [1.82, 2.24) is 0 Å². The van der Waals surface area contributed by atoms with Gasteiger partial charge in [0.2, 0.25) is 0 Å². The number of hydrogen-bond donors (Lipinski definition) is 2. The Balaban J connectivity index is 1.85. The number of anilines is 1. The normalized spacial score (nSPS) is 11.8. The topological polar surface area (TPSA) is 42.8 Å². The van der Waals surface area contributed by atoms with Gasteiger partial charge in [0.15, 0.2) is 6.54 Å². The first-order valence-corrected chi connectivity index (χ1v) is 7.37. The first kappa shape index (κ1) is 16.0. The molecule has 116 valence electrons. The molecule has 2 rings (SSSR count). The predicted molar refractivity (Wildman–Crippen MR) is 88.3 cm³/mol. The fraction of sp³-hybridized carbons (Fsp3) is 0.278. The summed E-state index contributed by atoms with van der Waals surface area (Å²) in [4.78, 5) is 13.2. The third kappa shape index (κ3) is 4.90. The molecule has 4 nitrogen and oxygen atoms in total. The minimum Gasteiger partial charge on any atom is -0.497 e. The number of nitrogens with one attached hydrogen (secondary N) is 2. The first-order valence-electron chi connectivity index (χ1n) is 7.37. The number of carbonyl (C=O) groups is 1. The molecule has 0 bridgehead atoms.